The number of ether oxygens (including phenoxy) is 1. The van der Waals surface area contributed by atoms with Crippen molar-refractivity contribution in [3.8, 4) is 11.5 Å². The maximum Gasteiger partial charge on any atom is 0.224 e. The smallest absolute Gasteiger partial charge is 0.224 e. The van der Waals surface area contributed by atoms with Crippen molar-refractivity contribution in [2.24, 2.45) is 10.2 Å². The van der Waals surface area contributed by atoms with Crippen LogP contribution in [0.25, 0.3) is 0 Å². The number of hydrogen-bond acceptors (Lipinski definition) is 6. The summed E-state index contributed by atoms with van der Waals surface area (Å²) < 4.78 is 5.78. The molecule has 0 saturated carbocycles. The standard InChI is InChI=1S/C40H54N4O4/c1-2-3-4-5-6-7-8-9-10-11-12-13-14-19-39(46)43-35-17-15-18-36(30-35)44-40(47)20-16-29-48-38-27-23-34(24-28-38)32-42-41-31-33-21-25-37(45)26-22-33/h15,17-18,21-28,30-32,45H,2-14,16,19-20,29H2,1H3,(H,43,46)(H,44,47)/b41-31+,42-32+. The topological polar surface area (TPSA) is 112 Å². The minimum Gasteiger partial charge on any atom is -0.508 e. The van der Waals surface area contributed by atoms with Crippen molar-refractivity contribution in [2.45, 2.75) is 110 Å². The first-order chi connectivity index (χ1) is 23.5. The van der Waals surface area contributed by atoms with Gasteiger partial charge in [-0.2, -0.15) is 10.2 Å². The molecular formula is C40H54N4O4. The van der Waals surface area contributed by atoms with Crippen molar-refractivity contribution in [1.29, 1.82) is 0 Å². The number of nitrogens with zero attached hydrogens (tertiary/aromatic N) is 2. The number of unbranched alkanes of at least 4 members (excludes halogenated alkanes) is 12. The normalized spacial score (nSPS) is 11.3. The Labute approximate surface area is 287 Å². The van der Waals surface area contributed by atoms with E-state index in [1.807, 2.05) is 42.5 Å². The lowest BCUT2D eigenvalue weighted by Gasteiger charge is -2.10. The molecule has 0 saturated heterocycles. The van der Waals surface area contributed by atoms with Crippen LogP contribution in [0.4, 0.5) is 11.4 Å². The van der Waals surface area contributed by atoms with Crippen molar-refractivity contribution >= 4 is 35.6 Å². The van der Waals surface area contributed by atoms with Gasteiger partial charge in [0, 0.05) is 24.2 Å². The number of hydrogen-bond donors (Lipinski definition) is 3. The Kier molecular flexibility index (Phi) is 18.8. The highest BCUT2D eigenvalue weighted by Crippen LogP contribution is 2.18. The van der Waals surface area contributed by atoms with E-state index in [1.54, 1.807) is 42.8 Å². The van der Waals surface area contributed by atoms with Gasteiger partial charge < -0.3 is 20.5 Å². The fourth-order valence-corrected chi connectivity index (χ4v) is 5.26. The van der Waals surface area contributed by atoms with Crippen LogP contribution in [0, 0.1) is 0 Å². The Bertz CT molecular complexity index is 1390. The molecule has 8 nitrogen and oxygen atoms in total. The summed E-state index contributed by atoms with van der Waals surface area (Å²) in [4.78, 5) is 24.9. The van der Waals surface area contributed by atoms with Crippen LogP contribution in [0.5, 0.6) is 11.5 Å². The molecule has 3 N–H and O–H groups in total. The van der Waals surface area contributed by atoms with Crippen LogP contribution < -0.4 is 15.4 Å². The molecule has 3 aromatic rings. The number of carbonyl (C=O) groups is 2. The van der Waals surface area contributed by atoms with E-state index in [0.717, 1.165) is 24.0 Å². The van der Waals surface area contributed by atoms with Crippen molar-refractivity contribution < 1.29 is 19.4 Å². The molecule has 0 aliphatic carbocycles. The van der Waals surface area contributed by atoms with Crippen molar-refractivity contribution in [2.75, 3.05) is 17.2 Å². The predicted octanol–water partition coefficient (Wildman–Crippen LogP) is 10.1. The predicted molar refractivity (Wildman–Crippen MR) is 198 cm³/mol. The largest absolute Gasteiger partial charge is 0.508 e. The number of anilines is 2. The average Bonchev–Trinajstić information content (AvgIpc) is 3.09. The molecule has 48 heavy (non-hydrogen) atoms. The third-order valence-corrected chi connectivity index (χ3v) is 8.01. The molecule has 0 spiro atoms. The molecule has 2 amide bonds. The molecule has 3 aromatic carbocycles. The molecule has 0 heterocycles. The first-order valence-electron chi connectivity index (χ1n) is 17.8. The van der Waals surface area contributed by atoms with E-state index in [1.165, 1.54) is 70.6 Å². The lowest BCUT2D eigenvalue weighted by atomic mass is 10.0. The number of aromatic hydroxyl groups is 1. The maximum absolute atomic E-state index is 12.5. The SMILES string of the molecule is CCCCCCCCCCCCCCCC(=O)Nc1cccc(NC(=O)CCCOc2ccc(/C=N/N=C/c3ccc(O)cc3)cc2)c1. The number of phenolic OH excluding ortho intramolecular Hbond substituents is 1. The monoisotopic (exact) mass is 654 g/mol. The summed E-state index contributed by atoms with van der Waals surface area (Å²) in [5.41, 5.74) is 3.07. The first-order valence-corrected chi connectivity index (χ1v) is 17.8. The number of phenols is 1. The average molecular weight is 655 g/mol. The van der Waals surface area contributed by atoms with Crippen LogP contribution in [0.3, 0.4) is 0 Å². The van der Waals surface area contributed by atoms with Gasteiger partial charge in [-0.1, -0.05) is 90.0 Å². The van der Waals surface area contributed by atoms with Gasteiger partial charge in [0.2, 0.25) is 11.8 Å². The molecular weight excluding hydrogens is 600 g/mol. The Morgan fingerprint density at radius 3 is 1.60 bits per heavy atom. The van der Waals surface area contributed by atoms with Crippen molar-refractivity contribution in [3.05, 3.63) is 83.9 Å². The summed E-state index contributed by atoms with van der Waals surface area (Å²) >= 11 is 0. The highest BCUT2D eigenvalue weighted by Gasteiger charge is 2.06. The molecule has 0 aliphatic heterocycles. The Balaban J connectivity index is 1.22. The number of nitrogens with one attached hydrogen (secondary N) is 2. The summed E-state index contributed by atoms with van der Waals surface area (Å²) in [5, 5.41) is 23.3. The molecule has 0 atom stereocenters. The van der Waals surface area contributed by atoms with Gasteiger partial charge in [0.1, 0.15) is 11.5 Å². The van der Waals surface area contributed by atoms with E-state index in [2.05, 4.69) is 27.8 Å². The second-order valence-electron chi connectivity index (χ2n) is 12.3. The third-order valence-electron chi connectivity index (χ3n) is 8.01. The van der Waals surface area contributed by atoms with E-state index in [9.17, 15) is 14.7 Å². The quantitative estimate of drug-likeness (QED) is 0.0507. The zero-order chi connectivity index (χ0) is 34.1. The van der Waals surface area contributed by atoms with E-state index in [-0.39, 0.29) is 17.6 Å². The summed E-state index contributed by atoms with van der Waals surface area (Å²) in [6.07, 6.45) is 21.3. The van der Waals surface area contributed by atoms with E-state index >= 15 is 0 Å². The van der Waals surface area contributed by atoms with Crippen LogP contribution >= 0.6 is 0 Å². The van der Waals surface area contributed by atoms with Gasteiger partial charge in [-0.05, 0) is 90.7 Å². The fourth-order valence-electron chi connectivity index (χ4n) is 5.26. The zero-order valence-electron chi connectivity index (χ0n) is 28.7. The highest BCUT2D eigenvalue weighted by atomic mass is 16.5. The molecule has 258 valence electrons. The first kappa shape index (κ1) is 38.0. The molecule has 0 aliphatic rings. The molecule has 0 unspecified atom stereocenters. The minimum atomic E-state index is -0.103. The molecule has 0 bridgehead atoms. The zero-order valence-corrected chi connectivity index (χ0v) is 28.7. The minimum absolute atomic E-state index is 0.0122. The fraction of sp³-hybridized carbons (Fsp3) is 0.450. The summed E-state index contributed by atoms with van der Waals surface area (Å²) in [6.45, 7) is 2.67. The lowest BCUT2D eigenvalue weighted by molar-refractivity contribution is -0.117. The second kappa shape index (κ2) is 23.8. The molecule has 0 radical (unpaired) electrons. The summed E-state index contributed by atoms with van der Waals surface area (Å²) in [5.74, 6) is 0.828. The van der Waals surface area contributed by atoms with Gasteiger partial charge in [-0.15, -0.1) is 0 Å². The van der Waals surface area contributed by atoms with E-state index in [0.29, 0.717) is 43.0 Å². The molecule has 0 fully saturated rings. The Morgan fingerprint density at radius 1 is 0.625 bits per heavy atom. The molecule has 0 aromatic heterocycles. The van der Waals surface area contributed by atoms with Crippen molar-refractivity contribution in [3.63, 3.8) is 0 Å². The Hall–Kier alpha value is -4.46. The van der Waals surface area contributed by atoms with Crippen LogP contribution in [-0.2, 0) is 9.59 Å². The van der Waals surface area contributed by atoms with Gasteiger partial charge in [-0.25, -0.2) is 0 Å². The number of carbonyl (C=O) groups excluding carboxylic acids is 2. The van der Waals surface area contributed by atoms with Crippen LogP contribution in [0.1, 0.15) is 121 Å². The Morgan fingerprint density at radius 2 is 1.08 bits per heavy atom. The number of benzene rings is 3. The van der Waals surface area contributed by atoms with Crippen LogP contribution in [0.15, 0.2) is 83.0 Å². The van der Waals surface area contributed by atoms with E-state index in [4.69, 9.17) is 4.74 Å². The maximum atomic E-state index is 12.5. The molecule has 8 heteroatoms. The van der Waals surface area contributed by atoms with Gasteiger partial charge in [0.05, 0.1) is 19.0 Å². The van der Waals surface area contributed by atoms with Crippen molar-refractivity contribution in [1.82, 2.24) is 0 Å². The van der Waals surface area contributed by atoms with Gasteiger partial charge >= 0.3 is 0 Å². The lowest BCUT2D eigenvalue weighted by Crippen LogP contribution is -2.14. The highest BCUT2D eigenvalue weighted by molar-refractivity contribution is 5.94. The number of rotatable bonds is 24. The van der Waals surface area contributed by atoms with Crippen LogP contribution in [-0.4, -0.2) is 36.0 Å². The van der Waals surface area contributed by atoms with Gasteiger partial charge in [-0.3, -0.25) is 9.59 Å². The molecule has 3 rings (SSSR count). The second-order valence-corrected chi connectivity index (χ2v) is 12.3. The van der Waals surface area contributed by atoms with Gasteiger partial charge in [0.25, 0.3) is 0 Å². The van der Waals surface area contributed by atoms with E-state index < -0.39 is 0 Å². The summed E-state index contributed by atoms with van der Waals surface area (Å²) in [6, 6.07) is 21.4. The van der Waals surface area contributed by atoms with Gasteiger partial charge in [0.15, 0.2) is 0 Å². The number of amides is 2. The summed E-state index contributed by atoms with van der Waals surface area (Å²) in [7, 11) is 0. The third kappa shape index (κ3) is 17.5. The van der Waals surface area contributed by atoms with Crippen LogP contribution in [0.2, 0.25) is 0 Å².